The van der Waals surface area contributed by atoms with Gasteiger partial charge in [-0.05, 0) is 80.6 Å². The van der Waals surface area contributed by atoms with Crippen molar-refractivity contribution < 1.29 is 4.79 Å². The largest absolute Gasteiger partial charge is 0.377 e. The van der Waals surface area contributed by atoms with E-state index in [-0.39, 0.29) is 11.9 Å². The quantitative estimate of drug-likeness (QED) is 0.507. The van der Waals surface area contributed by atoms with Crippen LogP contribution >= 0.6 is 34.8 Å². The maximum Gasteiger partial charge on any atom is 0.219 e. The minimum atomic E-state index is 0.000882. The second kappa shape index (κ2) is 10.2. The molecule has 2 atom stereocenters. The molecule has 1 amide bonds. The molecule has 0 bridgehead atoms. The summed E-state index contributed by atoms with van der Waals surface area (Å²) in [5, 5.41) is 5.51. The molecule has 0 aromatic heterocycles. The number of benzene rings is 2. The number of nitrogens with one attached hydrogen (secondary N) is 1. The predicted octanol–water partition coefficient (Wildman–Crippen LogP) is 6.62. The molecular weight excluding hydrogens is 465 g/mol. The summed E-state index contributed by atoms with van der Waals surface area (Å²) in [5.41, 5.74) is 3.24. The fraction of sp³-hybridized carbons (Fsp3) is 0.480. The summed E-state index contributed by atoms with van der Waals surface area (Å²) in [5.74, 6) is 0.710. The molecule has 7 heteroatoms. The van der Waals surface area contributed by atoms with Crippen LogP contribution in [0.15, 0.2) is 36.4 Å². The molecule has 0 aliphatic carbocycles. The number of likely N-dealkylation sites (tertiary alicyclic amines) is 2. The monoisotopic (exact) mass is 493 g/mol. The predicted molar refractivity (Wildman–Crippen MR) is 134 cm³/mol. The first-order valence-electron chi connectivity index (χ1n) is 11.3. The van der Waals surface area contributed by atoms with Gasteiger partial charge in [0.2, 0.25) is 5.91 Å². The van der Waals surface area contributed by atoms with E-state index in [2.05, 4.69) is 29.3 Å². The average molecular weight is 495 g/mol. The Morgan fingerprint density at radius 3 is 2.41 bits per heavy atom. The number of hydrogen-bond donors (Lipinski definition) is 1. The lowest BCUT2D eigenvalue weighted by Gasteiger charge is -2.36. The van der Waals surface area contributed by atoms with Crippen molar-refractivity contribution in [2.75, 3.05) is 31.5 Å². The molecule has 0 saturated carbocycles. The third-order valence-corrected chi connectivity index (χ3v) is 7.81. The molecule has 1 N–H and O–H groups in total. The second-order valence-electron chi connectivity index (χ2n) is 8.99. The molecule has 4 rings (SSSR count). The number of hydrogen-bond acceptors (Lipinski definition) is 3. The number of amides is 1. The zero-order valence-corrected chi connectivity index (χ0v) is 20.9. The highest BCUT2D eigenvalue weighted by molar-refractivity contribution is 6.35. The van der Waals surface area contributed by atoms with E-state index in [1.54, 1.807) is 13.0 Å². The first kappa shape index (κ1) is 23.7. The van der Waals surface area contributed by atoms with Crippen LogP contribution in [0.4, 0.5) is 5.69 Å². The molecule has 32 heavy (non-hydrogen) atoms. The Balaban J connectivity index is 1.39. The van der Waals surface area contributed by atoms with Gasteiger partial charge in [-0.2, -0.15) is 0 Å². The molecule has 2 aromatic carbocycles. The van der Waals surface area contributed by atoms with Gasteiger partial charge < -0.3 is 10.2 Å². The zero-order valence-electron chi connectivity index (χ0n) is 18.6. The lowest BCUT2D eigenvalue weighted by atomic mass is 9.88. The van der Waals surface area contributed by atoms with Crippen molar-refractivity contribution in [3.8, 4) is 0 Å². The van der Waals surface area contributed by atoms with Crippen molar-refractivity contribution in [3.05, 3.63) is 62.6 Å². The van der Waals surface area contributed by atoms with Crippen LogP contribution in [0.25, 0.3) is 0 Å². The Labute approximate surface area is 205 Å². The lowest BCUT2D eigenvalue weighted by molar-refractivity contribution is -0.128. The number of halogens is 3. The Kier molecular flexibility index (Phi) is 7.56. The van der Waals surface area contributed by atoms with Crippen LogP contribution < -0.4 is 5.32 Å². The molecule has 2 aromatic rings. The first-order valence-corrected chi connectivity index (χ1v) is 12.5. The van der Waals surface area contributed by atoms with Crippen molar-refractivity contribution >= 4 is 46.4 Å². The van der Waals surface area contributed by atoms with Crippen molar-refractivity contribution in [1.82, 2.24) is 9.80 Å². The fourth-order valence-corrected chi connectivity index (χ4v) is 5.74. The van der Waals surface area contributed by atoms with Crippen LogP contribution in [0.2, 0.25) is 15.1 Å². The van der Waals surface area contributed by atoms with Gasteiger partial charge in [-0.15, -0.1) is 0 Å². The number of rotatable bonds is 5. The van der Waals surface area contributed by atoms with Gasteiger partial charge >= 0.3 is 0 Å². The number of carbonyl (C=O) groups excluding carboxylic acids is 1. The van der Waals surface area contributed by atoms with Gasteiger partial charge in [-0.1, -0.05) is 46.9 Å². The van der Waals surface area contributed by atoms with E-state index >= 15 is 0 Å². The van der Waals surface area contributed by atoms with Crippen molar-refractivity contribution in [2.24, 2.45) is 0 Å². The molecule has 0 spiro atoms. The van der Waals surface area contributed by atoms with Crippen LogP contribution in [0.5, 0.6) is 0 Å². The van der Waals surface area contributed by atoms with Gasteiger partial charge in [0.25, 0.3) is 0 Å². The van der Waals surface area contributed by atoms with E-state index in [1.807, 2.05) is 23.1 Å². The van der Waals surface area contributed by atoms with Crippen LogP contribution in [0.3, 0.4) is 0 Å². The minimum Gasteiger partial charge on any atom is -0.377 e. The summed E-state index contributed by atoms with van der Waals surface area (Å²) in [6, 6.07) is 12.4. The maximum absolute atomic E-state index is 11.6. The topological polar surface area (TPSA) is 35.6 Å². The molecule has 2 unspecified atom stereocenters. The molecule has 2 aliphatic rings. The molecule has 2 fully saturated rings. The van der Waals surface area contributed by atoms with Crippen LogP contribution in [-0.4, -0.2) is 47.9 Å². The van der Waals surface area contributed by atoms with Crippen molar-refractivity contribution in [3.63, 3.8) is 0 Å². The number of nitrogens with zero attached hydrogens (tertiary/aromatic N) is 2. The van der Waals surface area contributed by atoms with Gasteiger partial charge in [0.05, 0.1) is 16.8 Å². The summed E-state index contributed by atoms with van der Waals surface area (Å²) in [6.45, 7) is 7.65. The maximum atomic E-state index is 11.6. The summed E-state index contributed by atoms with van der Waals surface area (Å²) in [4.78, 5) is 16.2. The normalized spacial score (nSPS) is 21.0. The molecular formula is C25H30Cl3N3O. The molecule has 4 nitrogen and oxygen atoms in total. The lowest BCUT2D eigenvalue weighted by Crippen LogP contribution is -2.42. The summed E-state index contributed by atoms with van der Waals surface area (Å²) < 4.78 is 0. The van der Waals surface area contributed by atoms with Crippen LogP contribution in [0, 0.1) is 0 Å². The standard InChI is InChI=1S/C25H30Cl3N3O/c1-16(22-5-4-20(26)14-24(22)28)29-25-13-19(3-6-23(25)27)18-7-10-30(11-8-18)21-9-12-31(15-21)17(2)32/h3-6,13-14,16,18,21,29H,7-12,15H2,1-2H3. The average Bonchev–Trinajstić information content (AvgIpc) is 3.26. The van der Waals surface area contributed by atoms with Crippen LogP contribution in [0.1, 0.15) is 56.2 Å². The van der Waals surface area contributed by atoms with Gasteiger partial charge in [0.15, 0.2) is 0 Å². The third-order valence-electron chi connectivity index (χ3n) is 6.92. The zero-order chi connectivity index (χ0) is 22.8. The highest BCUT2D eigenvalue weighted by Crippen LogP contribution is 2.36. The van der Waals surface area contributed by atoms with E-state index in [1.165, 1.54) is 5.56 Å². The number of anilines is 1. The summed E-state index contributed by atoms with van der Waals surface area (Å²) in [7, 11) is 0. The molecule has 2 aliphatic heterocycles. The molecule has 172 valence electrons. The Hall–Kier alpha value is -1.46. The Bertz CT molecular complexity index is 975. The number of piperidine rings is 1. The molecule has 2 heterocycles. The minimum absolute atomic E-state index is 0.000882. The first-order chi connectivity index (χ1) is 15.3. The van der Waals surface area contributed by atoms with Crippen LogP contribution in [-0.2, 0) is 4.79 Å². The van der Waals surface area contributed by atoms with Gasteiger partial charge in [0.1, 0.15) is 0 Å². The van der Waals surface area contributed by atoms with E-state index in [4.69, 9.17) is 34.8 Å². The third kappa shape index (κ3) is 5.36. The van der Waals surface area contributed by atoms with Gasteiger partial charge in [0, 0.05) is 36.1 Å². The number of carbonyl (C=O) groups is 1. The van der Waals surface area contributed by atoms with E-state index < -0.39 is 0 Å². The smallest absolute Gasteiger partial charge is 0.219 e. The second-order valence-corrected chi connectivity index (χ2v) is 10.2. The molecule has 2 saturated heterocycles. The van der Waals surface area contributed by atoms with Gasteiger partial charge in [-0.3, -0.25) is 9.69 Å². The molecule has 0 radical (unpaired) electrons. The SMILES string of the molecule is CC(=O)N1CCC(N2CCC(c3ccc(Cl)c(NC(C)c4ccc(Cl)cc4Cl)c3)CC2)C1. The summed E-state index contributed by atoms with van der Waals surface area (Å²) in [6.07, 6.45) is 3.33. The Morgan fingerprint density at radius 2 is 1.75 bits per heavy atom. The highest BCUT2D eigenvalue weighted by Gasteiger charge is 2.31. The van der Waals surface area contributed by atoms with Crippen molar-refractivity contribution in [2.45, 2.75) is 51.1 Å². The summed E-state index contributed by atoms with van der Waals surface area (Å²) >= 11 is 19.0. The van der Waals surface area contributed by atoms with E-state index in [9.17, 15) is 4.79 Å². The fourth-order valence-electron chi connectivity index (χ4n) is 4.99. The van der Waals surface area contributed by atoms with E-state index in [0.717, 1.165) is 56.7 Å². The Morgan fingerprint density at radius 1 is 1.00 bits per heavy atom. The van der Waals surface area contributed by atoms with E-state index in [0.29, 0.717) is 27.0 Å². The van der Waals surface area contributed by atoms with Crippen molar-refractivity contribution in [1.29, 1.82) is 0 Å². The van der Waals surface area contributed by atoms with Gasteiger partial charge in [-0.25, -0.2) is 0 Å². The highest BCUT2D eigenvalue weighted by atomic mass is 35.5.